The molecule has 7 nitrogen and oxygen atoms in total. The highest BCUT2D eigenvalue weighted by molar-refractivity contribution is 5.54. The van der Waals surface area contributed by atoms with Crippen LogP contribution in [0.4, 0.5) is 11.6 Å². The Balaban J connectivity index is 1.49. The summed E-state index contributed by atoms with van der Waals surface area (Å²) in [5.74, 6) is 2.86. The quantitative estimate of drug-likeness (QED) is 0.819. The van der Waals surface area contributed by atoms with E-state index in [1.165, 1.54) is 0 Å². The van der Waals surface area contributed by atoms with Crippen LogP contribution in [0.25, 0.3) is 0 Å². The lowest BCUT2D eigenvalue weighted by Crippen LogP contribution is -2.30. The molecule has 2 saturated heterocycles. The van der Waals surface area contributed by atoms with E-state index in [2.05, 4.69) is 36.0 Å². The Morgan fingerprint density at radius 3 is 2.57 bits per heavy atom. The van der Waals surface area contributed by atoms with Crippen LogP contribution in [0.2, 0.25) is 0 Å². The number of aromatic nitrogens is 4. The van der Waals surface area contributed by atoms with E-state index in [0.29, 0.717) is 23.2 Å². The summed E-state index contributed by atoms with van der Waals surface area (Å²) < 4.78 is 0. The number of aryl methyl sites for hydroxylation is 1. The Morgan fingerprint density at radius 2 is 1.87 bits per heavy atom. The molecule has 7 heteroatoms. The lowest BCUT2D eigenvalue weighted by Gasteiger charge is -2.23. The summed E-state index contributed by atoms with van der Waals surface area (Å²) >= 11 is 0. The topological polar surface area (TPSA) is 81.8 Å². The van der Waals surface area contributed by atoms with Crippen molar-refractivity contribution < 1.29 is 0 Å². The Hall–Kier alpha value is -2.75. The van der Waals surface area contributed by atoms with Gasteiger partial charge in [0.2, 0.25) is 0 Å². The van der Waals surface area contributed by atoms with Crippen LogP contribution in [0.15, 0.2) is 24.7 Å². The smallest absolute Gasteiger partial charge is 0.169 e. The molecule has 0 radical (unpaired) electrons. The zero-order valence-electron chi connectivity index (χ0n) is 12.9. The van der Waals surface area contributed by atoms with E-state index in [4.69, 9.17) is 0 Å². The van der Waals surface area contributed by atoms with Crippen LogP contribution in [0, 0.1) is 30.1 Å². The number of hydrogen-bond donors (Lipinski definition) is 0. The van der Waals surface area contributed by atoms with Gasteiger partial charge in [-0.3, -0.25) is 0 Å². The van der Waals surface area contributed by atoms with E-state index in [1.54, 1.807) is 18.6 Å². The van der Waals surface area contributed by atoms with Gasteiger partial charge in [-0.05, 0) is 13.0 Å². The van der Waals surface area contributed by atoms with Gasteiger partial charge in [-0.25, -0.2) is 9.97 Å². The van der Waals surface area contributed by atoms with Crippen LogP contribution >= 0.6 is 0 Å². The van der Waals surface area contributed by atoms with E-state index in [1.807, 2.05) is 13.0 Å². The van der Waals surface area contributed by atoms with Gasteiger partial charge in [0.1, 0.15) is 18.2 Å². The largest absolute Gasteiger partial charge is 0.356 e. The number of nitrogens with zero attached hydrogens (tertiary/aromatic N) is 7. The monoisotopic (exact) mass is 307 g/mol. The molecule has 0 spiro atoms. The van der Waals surface area contributed by atoms with Crippen molar-refractivity contribution >= 4 is 11.6 Å². The van der Waals surface area contributed by atoms with Gasteiger partial charge >= 0.3 is 0 Å². The lowest BCUT2D eigenvalue weighted by molar-refractivity contribution is 0.533. The molecule has 2 aromatic heterocycles. The fourth-order valence-electron chi connectivity index (χ4n) is 3.61. The first-order chi connectivity index (χ1) is 11.2. The minimum atomic E-state index is 0.568. The van der Waals surface area contributed by atoms with Crippen LogP contribution in [-0.2, 0) is 0 Å². The molecule has 4 heterocycles. The molecule has 0 aliphatic carbocycles. The molecule has 116 valence electrons. The predicted octanol–water partition coefficient (Wildman–Crippen LogP) is 1.02. The highest BCUT2D eigenvalue weighted by Crippen LogP contribution is 2.35. The highest BCUT2D eigenvalue weighted by Gasteiger charge is 2.41. The normalized spacial score (nSPS) is 23.0. The molecule has 0 saturated carbocycles. The molecule has 0 aromatic carbocycles. The predicted molar refractivity (Wildman–Crippen MR) is 84.9 cm³/mol. The molecule has 2 atom stereocenters. The molecule has 2 aromatic rings. The van der Waals surface area contributed by atoms with Crippen LogP contribution in [0.5, 0.6) is 0 Å². The number of anilines is 2. The summed E-state index contributed by atoms with van der Waals surface area (Å²) in [5, 5.41) is 17.3. The molecule has 0 amide bonds. The summed E-state index contributed by atoms with van der Waals surface area (Å²) in [4.78, 5) is 13.1. The van der Waals surface area contributed by atoms with Gasteiger partial charge in [0.05, 0.1) is 11.8 Å². The molecule has 0 N–H and O–H groups in total. The average molecular weight is 307 g/mol. The van der Waals surface area contributed by atoms with Gasteiger partial charge in [-0.2, -0.15) is 10.4 Å². The summed E-state index contributed by atoms with van der Waals surface area (Å²) in [7, 11) is 0. The second-order valence-corrected chi connectivity index (χ2v) is 6.23. The van der Waals surface area contributed by atoms with Crippen LogP contribution in [0.3, 0.4) is 0 Å². The Morgan fingerprint density at radius 1 is 1.13 bits per heavy atom. The first-order valence-electron chi connectivity index (χ1n) is 7.75. The minimum Gasteiger partial charge on any atom is -0.356 e. The van der Waals surface area contributed by atoms with E-state index in [0.717, 1.165) is 37.7 Å². The van der Waals surface area contributed by atoms with Crippen molar-refractivity contribution in [3.63, 3.8) is 0 Å². The molecule has 2 unspecified atom stereocenters. The summed E-state index contributed by atoms with van der Waals surface area (Å²) in [6.45, 7) is 5.79. The third-order valence-corrected chi connectivity index (χ3v) is 4.72. The molecule has 4 rings (SSSR count). The summed E-state index contributed by atoms with van der Waals surface area (Å²) in [6, 6.07) is 5.97. The molecule has 2 aliphatic rings. The fourth-order valence-corrected chi connectivity index (χ4v) is 3.61. The maximum Gasteiger partial charge on any atom is 0.169 e. The third-order valence-electron chi connectivity index (χ3n) is 4.72. The molecule has 23 heavy (non-hydrogen) atoms. The number of hydrogen-bond acceptors (Lipinski definition) is 7. The first kappa shape index (κ1) is 13.9. The van der Waals surface area contributed by atoms with Gasteiger partial charge in [-0.15, -0.1) is 5.10 Å². The van der Waals surface area contributed by atoms with Crippen molar-refractivity contribution in [1.29, 1.82) is 5.26 Å². The van der Waals surface area contributed by atoms with Crippen LogP contribution < -0.4 is 9.80 Å². The Labute approximate surface area is 134 Å². The molecular weight excluding hydrogens is 290 g/mol. The van der Waals surface area contributed by atoms with Gasteiger partial charge in [0.15, 0.2) is 5.82 Å². The summed E-state index contributed by atoms with van der Waals surface area (Å²) in [6.07, 6.45) is 3.20. The van der Waals surface area contributed by atoms with Crippen LogP contribution in [0.1, 0.15) is 11.3 Å². The number of fused-ring (bicyclic) bond motifs is 1. The highest BCUT2D eigenvalue weighted by atomic mass is 15.3. The van der Waals surface area contributed by atoms with Gasteiger partial charge in [0, 0.05) is 49.8 Å². The van der Waals surface area contributed by atoms with Crippen molar-refractivity contribution in [3.05, 3.63) is 35.9 Å². The van der Waals surface area contributed by atoms with E-state index in [-0.39, 0.29) is 0 Å². The zero-order valence-corrected chi connectivity index (χ0v) is 12.9. The van der Waals surface area contributed by atoms with E-state index < -0.39 is 0 Å². The van der Waals surface area contributed by atoms with Gasteiger partial charge < -0.3 is 9.80 Å². The molecular formula is C16H17N7. The fraction of sp³-hybridized carbons (Fsp3) is 0.438. The summed E-state index contributed by atoms with van der Waals surface area (Å²) in [5.41, 5.74) is 1.59. The van der Waals surface area contributed by atoms with Gasteiger partial charge in [0.25, 0.3) is 0 Å². The second-order valence-electron chi connectivity index (χ2n) is 6.23. The van der Waals surface area contributed by atoms with Crippen molar-refractivity contribution in [3.8, 4) is 6.07 Å². The Bertz CT molecular complexity index is 755. The molecule has 0 bridgehead atoms. The maximum atomic E-state index is 9.23. The van der Waals surface area contributed by atoms with Crippen molar-refractivity contribution in [2.75, 3.05) is 36.0 Å². The standard InChI is InChI=1S/C16H17N7/c1-11-4-15(19-10-18-11)22-6-13-8-23(9-14(13)7-22)16-12(5-17)2-3-20-21-16/h2-4,10,13-14H,6-9H2,1H3. The third kappa shape index (κ3) is 2.46. The average Bonchev–Trinajstić information content (AvgIpc) is 3.13. The molecule has 2 fully saturated rings. The zero-order chi connectivity index (χ0) is 15.8. The van der Waals surface area contributed by atoms with E-state index in [9.17, 15) is 5.26 Å². The first-order valence-corrected chi connectivity index (χ1v) is 7.75. The number of nitriles is 1. The molecule has 2 aliphatic heterocycles. The second kappa shape index (κ2) is 5.47. The van der Waals surface area contributed by atoms with E-state index >= 15 is 0 Å². The Kier molecular flexibility index (Phi) is 3.30. The lowest BCUT2D eigenvalue weighted by atomic mass is 10.0. The SMILES string of the molecule is Cc1cc(N2CC3CN(c4nnccc4C#N)CC3C2)ncn1. The van der Waals surface area contributed by atoms with Gasteiger partial charge in [-0.1, -0.05) is 0 Å². The maximum absolute atomic E-state index is 9.23. The van der Waals surface area contributed by atoms with Crippen molar-refractivity contribution in [2.45, 2.75) is 6.92 Å². The minimum absolute atomic E-state index is 0.568. The van der Waals surface area contributed by atoms with Crippen molar-refractivity contribution in [1.82, 2.24) is 20.2 Å². The number of rotatable bonds is 2. The van der Waals surface area contributed by atoms with Crippen LogP contribution in [-0.4, -0.2) is 46.3 Å². The van der Waals surface area contributed by atoms with Crippen molar-refractivity contribution in [2.24, 2.45) is 11.8 Å².